The lowest BCUT2D eigenvalue weighted by Crippen LogP contribution is -2.17. The van der Waals surface area contributed by atoms with E-state index in [4.69, 9.17) is 10.00 Å². The number of rotatable bonds is 3. The largest absolute Gasteiger partial charge is 0.573 e. The van der Waals surface area contributed by atoms with Crippen LogP contribution in [0.2, 0.25) is 0 Å². The second-order valence-electron chi connectivity index (χ2n) is 3.94. The van der Waals surface area contributed by atoms with Crippen molar-refractivity contribution in [3.63, 3.8) is 0 Å². The number of nitriles is 1. The zero-order chi connectivity index (χ0) is 15.5. The molecule has 0 spiro atoms. The fraction of sp³-hybridized carbons (Fsp3) is 0.143. The molecule has 0 unspecified atom stereocenters. The van der Waals surface area contributed by atoms with Crippen LogP contribution in [0.1, 0.15) is 5.56 Å². The standard InChI is InChI=1S/C14H9F3N2O2/c1-20-13-11(6-9(7-18)8-19-13)10-4-2-3-5-12(10)21-14(15,16)17/h2-6,8H,1H3. The predicted molar refractivity (Wildman–Crippen MR) is 67.6 cm³/mol. The summed E-state index contributed by atoms with van der Waals surface area (Å²) < 4.78 is 46.4. The van der Waals surface area contributed by atoms with Gasteiger partial charge in [0.25, 0.3) is 0 Å². The van der Waals surface area contributed by atoms with Crippen LogP contribution >= 0.6 is 0 Å². The first-order valence-electron chi connectivity index (χ1n) is 5.74. The number of ether oxygens (including phenoxy) is 2. The van der Waals surface area contributed by atoms with Crippen molar-refractivity contribution in [2.75, 3.05) is 7.11 Å². The Balaban J connectivity index is 2.59. The highest BCUT2D eigenvalue weighted by atomic mass is 19.4. The molecule has 0 radical (unpaired) electrons. The topological polar surface area (TPSA) is 55.1 Å². The van der Waals surface area contributed by atoms with Gasteiger partial charge < -0.3 is 9.47 Å². The molecule has 0 bridgehead atoms. The van der Waals surface area contributed by atoms with E-state index in [1.54, 1.807) is 6.07 Å². The third-order valence-corrected chi connectivity index (χ3v) is 2.58. The Morgan fingerprint density at radius 3 is 2.52 bits per heavy atom. The molecule has 0 N–H and O–H groups in total. The SMILES string of the molecule is COc1ncc(C#N)cc1-c1ccccc1OC(F)(F)F. The van der Waals surface area contributed by atoms with Crippen molar-refractivity contribution in [3.8, 4) is 28.8 Å². The maximum atomic E-state index is 12.4. The summed E-state index contributed by atoms with van der Waals surface area (Å²) in [6.07, 6.45) is -3.54. The molecule has 21 heavy (non-hydrogen) atoms. The average molecular weight is 294 g/mol. The Kier molecular flexibility index (Phi) is 3.98. The van der Waals surface area contributed by atoms with Gasteiger partial charge in [0.1, 0.15) is 11.8 Å². The number of hydrogen-bond donors (Lipinski definition) is 0. The van der Waals surface area contributed by atoms with Crippen molar-refractivity contribution in [3.05, 3.63) is 42.1 Å². The minimum absolute atomic E-state index is 0.104. The number of methoxy groups -OCH3 is 1. The lowest BCUT2D eigenvalue weighted by Gasteiger charge is -2.14. The number of hydrogen-bond acceptors (Lipinski definition) is 4. The van der Waals surface area contributed by atoms with Gasteiger partial charge in [0.15, 0.2) is 0 Å². The molecule has 1 aromatic heterocycles. The van der Waals surface area contributed by atoms with E-state index in [0.29, 0.717) is 0 Å². The van der Waals surface area contributed by atoms with Crippen LogP contribution in [0, 0.1) is 11.3 Å². The Labute approximate surface area is 118 Å². The van der Waals surface area contributed by atoms with Gasteiger partial charge in [-0.3, -0.25) is 0 Å². The van der Waals surface area contributed by atoms with E-state index in [1.165, 1.54) is 37.6 Å². The summed E-state index contributed by atoms with van der Waals surface area (Å²) in [5.74, 6) is -0.285. The van der Waals surface area contributed by atoms with Gasteiger partial charge in [0, 0.05) is 17.3 Å². The summed E-state index contributed by atoms with van der Waals surface area (Å²) in [7, 11) is 1.34. The molecule has 4 nitrogen and oxygen atoms in total. The maximum Gasteiger partial charge on any atom is 0.573 e. The third-order valence-electron chi connectivity index (χ3n) is 2.58. The Morgan fingerprint density at radius 2 is 1.90 bits per heavy atom. The van der Waals surface area contributed by atoms with E-state index in [-0.39, 0.29) is 28.3 Å². The number of halogens is 3. The molecule has 1 heterocycles. The van der Waals surface area contributed by atoms with Gasteiger partial charge in [0.05, 0.1) is 12.7 Å². The van der Waals surface area contributed by atoms with Crippen LogP contribution in [-0.4, -0.2) is 18.5 Å². The zero-order valence-electron chi connectivity index (χ0n) is 10.8. The fourth-order valence-electron chi connectivity index (χ4n) is 1.77. The number of benzene rings is 1. The molecular formula is C14H9F3N2O2. The predicted octanol–water partition coefficient (Wildman–Crippen LogP) is 3.53. The molecule has 0 atom stereocenters. The van der Waals surface area contributed by atoms with Crippen molar-refractivity contribution in [1.29, 1.82) is 5.26 Å². The van der Waals surface area contributed by atoms with Crippen LogP contribution in [0.5, 0.6) is 11.6 Å². The van der Waals surface area contributed by atoms with Crippen molar-refractivity contribution < 1.29 is 22.6 Å². The number of nitrogens with zero attached hydrogens (tertiary/aromatic N) is 2. The van der Waals surface area contributed by atoms with Gasteiger partial charge in [-0.05, 0) is 12.1 Å². The lowest BCUT2D eigenvalue weighted by atomic mass is 10.0. The van der Waals surface area contributed by atoms with Gasteiger partial charge in [-0.25, -0.2) is 4.98 Å². The van der Waals surface area contributed by atoms with E-state index in [2.05, 4.69) is 9.72 Å². The zero-order valence-corrected chi connectivity index (χ0v) is 10.8. The molecule has 1 aromatic carbocycles. The number of para-hydroxylation sites is 1. The minimum atomic E-state index is -4.82. The van der Waals surface area contributed by atoms with Crippen molar-refractivity contribution in [2.45, 2.75) is 6.36 Å². The van der Waals surface area contributed by atoms with Gasteiger partial charge >= 0.3 is 6.36 Å². The van der Waals surface area contributed by atoms with Crippen LogP contribution in [0.4, 0.5) is 13.2 Å². The van der Waals surface area contributed by atoms with Crippen LogP contribution in [0.15, 0.2) is 36.5 Å². The van der Waals surface area contributed by atoms with Crippen LogP contribution in [-0.2, 0) is 0 Å². The van der Waals surface area contributed by atoms with Gasteiger partial charge in [0.2, 0.25) is 5.88 Å². The van der Waals surface area contributed by atoms with Crippen molar-refractivity contribution in [1.82, 2.24) is 4.98 Å². The second-order valence-corrected chi connectivity index (χ2v) is 3.94. The van der Waals surface area contributed by atoms with E-state index >= 15 is 0 Å². The number of alkyl halides is 3. The molecule has 0 amide bonds. The quantitative estimate of drug-likeness (QED) is 0.869. The summed E-state index contributed by atoms with van der Waals surface area (Å²) in [5, 5.41) is 8.89. The third kappa shape index (κ3) is 3.42. The molecule has 7 heteroatoms. The first kappa shape index (κ1) is 14.7. The van der Waals surface area contributed by atoms with Crippen molar-refractivity contribution >= 4 is 0 Å². The van der Waals surface area contributed by atoms with Gasteiger partial charge in [-0.1, -0.05) is 18.2 Å². The number of pyridine rings is 1. The fourth-order valence-corrected chi connectivity index (χ4v) is 1.77. The van der Waals surface area contributed by atoms with Crippen LogP contribution < -0.4 is 9.47 Å². The molecule has 0 saturated carbocycles. The molecule has 2 aromatic rings. The maximum absolute atomic E-state index is 12.4. The molecular weight excluding hydrogens is 285 g/mol. The van der Waals surface area contributed by atoms with E-state index in [9.17, 15) is 13.2 Å². The summed E-state index contributed by atoms with van der Waals surface area (Å²) in [4.78, 5) is 3.90. The lowest BCUT2D eigenvalue weighted by molar-refractivity contribution is -0.274. The minimum Gasteiger partial charge on any atom is -0.481 e. The molecule has 0 aliphatic rings. The average Bonchev–Trinajstić information content (AvgIpc) is 2.45. The van der Waals surface area contributed by atoms with E-state index < -0.39 is 6.36 Å². The highest BCUT2D eigenvalue weighted by molar-refractivity contribution is 5.75. The summed E-state index contributed by atoms with van der Waals surface area (Å²) >= 11 is 0. The normalized spacial score (nSPS) is 10.8. The molecule has 0 saturated heterocycles. The smallest absolute Gasteiger partial charge is 0.481 e. The monoisotopic (exact) mass is 294 g/mol. The van der Waals surface area contributed by atoms with Gasteiger partial charge in [-0.2, -0.15) is 5.26 Å². The molecule has 0 aliphatic carbocycles. The van der Waals surface area contributed by atoms with E-state index in [1.807, 2.05) is 6.07 Å². The Morgan fingerprint density at radius 1 is 1.19 bits per heavy atom. The summed E-state index contributed by atoms with van der Waals surface area (Å²) in [5.41, 5.74) is 0.584. The van der Waals surface area contributed by atoms with E-state index in [0.717, 1.165) is 0 Å². The first-order valence-corrected chi connectivity index (χ1v) is 5.74. The van der Waals surface area contributed by atoms with Crippen LogP contribution in [0.25, 0.3) is 11.1 Å². The van der Waals surface area contributed by atoms with Crippen molar-refractivity contribution in [2.24, 2.45) is 0 Å². The first-order chi connectivity index (χ1) is 9.94. The van der Waals surface area contributed by atoms with Crippen LogP contribution in [0.3, 0.4) is 0 Å². The number of aromatic nitrogens is 1. The summed E-state index contributed by atoms with van der Waals surface area (Å²) in [6.45, 7) is 0. The highest BCUT2D eigenvalue weighted by Crippen LogP contribution is 2.37. The molecule has 108 valence electrons. The summed E-state index contributed by atoms with van der Waals surface area (Å²) in [6, 6.07) is 8.85. The Hall–Kier alpha value is -2.75. The highest BCUT2D eigenvalue weighted by Gasteiger charge is 2.32. The Bertz CT molecular complexity index is 693. The second kappa shape index (κ2) is 5.71. The molecule has 0 aliphatic heterocycles. The van der Waals surface area contributed by atoms with Gasteiger partial charge in [-0.15, -0.1) is 13.2 Å². The molecule has 0 fully saturated rings. The molecule has 2 rings (SSSR count).